The topological polar surface area (TPSA) is 15.3 Å². The molecule has 0 bridgehead atoms. The monoisotopic (exact) mass is 256 g/mol. The van der Waals surface area contributed by atoms with E-state index in [4.69, 9.17) is 0 Å². The first kappa shape index (κ1) is 13.7. The van der Waals surface area contributed by atoms with E-state index in [1.54, 1.807) is 0 Å². The Morgan fingerprint density at radius 3 is 2.65 bits per heavy atom. The Morgan fingerprint density at radius 1 is 1.24 bits per heavy atom. The summed E-state index contributed by atoms with van der Waals surface area (Å²) >= 11 is 2.14. The SMILES string of the molecule is CCNC1CCN(CC2CCSCC2)CC1C. The summed E-state index contributed by atoms with van der Waals surface area (Å²) in [6.07, 6.45) is 4.24. The van der Waals surface area contributed by atoms with Gasteiger partial charge >= 0.3 is 0 Å². The third kappa shape index (κ3) is 4.15. The van der Waals surface area contributed by atoms with Crippen molar-refractivity contribution in [3.63, 3.8) is 0 Å². The fourth-order valence-electron chi connectivity index (χ4n) is 3.26. The van der Waals surface area contributed by atoms with Gasteiger partial charge < -0.3 is 10.2 Å². The quantitative estimate of drug-likeness (QED) is 0.832. The average molecular weight is 256 g/mol. The van der Waals surface area contributed by atoms with E-state index in [1.165, 1.54) is 50.4 Å². The third-order valence-corrected chi connectivity index (χ3v) is 5.36. The number of hydrogen-bond acceptors (Lipinski definition) is 3. The number of piperidine rings is 1. The van der Waals surface area contributed by atoms with Gasteiger partial charge in [-0.2, -0.15) is 11.8 Å². The summed E-state index contributed by atoms with van der Waals surface area (Å²) in [4.78, 5) is 2.72. The number of likely N-dealkylation sites (tertiary alicyclic amines) is 1. The second kappa shape index (κ2) is 7.01. The van der Waals surface area contributed by atoms with Crippen LogP contribution in [0.2, 0.25) is 0 Å². The van der Waals surface area contributed by atoms with E-state index in [2.05, 4.69) is 35.8 Å². The summed E-state index contributed by atoms with van der Waals surface area (Å²) in [5.41, 5.74) is 0. The van der Waals surface area contributed by atoms with Gasteiger partial charge in [-0.25, -0.2) is 0 Å². The summed E-state index contributed by atoms with van der Waals surface area (Å²) in [7, 11) is 0. The highest BCUT2D eigenvalue weighted by atomic mass is 32.2. The van der Waals surface area contributed by atoms with E-state index >= 15 is 0 Å². The van der Waals surface area contributed by atoms with E-state index in [0.29, 0.717) is 0 Å². The highest BCUT2D eigenvalue weighted by Crippen LogP contribution is 2.25. The molecule has 2 saturated heterocycles. The Balaban J connectivity index is 1.72. The lowest BCUT2D eigenvalue weighted by molar-refractivity contribution is 0.127. The molecule has 3 heteroatoms. The molecule has 0 saturated carbocycles. The predicted molar refractivity (Wildman–Crippen MR) is 77.7 cm³/mol. The Labute approximate surface area is 111 Å². The number of thioether (sulfide) groups is 1. The van der Waals surface area contributed by atoms with Gasteiger partial charge in [-0.1, -0.05) is 13.8 Å². The van der Waals surface area contributed by atoms with Crippen LogP contribution in [0.5, 0.6) is 0 Å². The van der Waals surface area contributed by atoms with Crippen LogP contribution in [-0.2, 0) is 0 Å². The minimum atomic E-state index is 0.762. The molecule has 0 aromatic heterocycles. The van der Waals surface area contributed by atoms with Crippen molar-refractivity contribution in [1.82, 2.24) is 10.2 Å². The lowest BCUT2D eigenvalue weighted by Gasteiger charge is -2.39. The van der Waals surface area contributed by atoms with Gasteiger partial charge in [0.1, 0.15) is 0 Å². The summed E-state index contributed by atoms with van der Waals surface area (Å²) < 4.78 is 0. The smallest absolute Gasteiger partial charge is 0.0117 e. The van der Waals surface area contributed by atoms with Gasteiger partial charge in [0, 0.05) is 19.1 Å². The Hall–Kier alpha value is 0.270. The van der Waals surface area contributed by atoms with Gasteiger partial charge in [0.05, 0.1) is 0 Å². The molecule has 0 aromatic rings. The van der Waals surface area contributed by atoms with Crippen molar-refractivity contribution in [3.05, 3.63) is 0 Å². The van der Waals surface area contributed by atoms with Crippen molar-refractivity contribution in [1.29, 1.82) is 0 Å². The maximum atomic E-state index is 3.63. The zero-order chi connectivity index (χ0) is 12.1. The predicted octanol–water partition coefficient (Wildman–Crippen LogP) is 2.45. The molecule has 0 aromatic carbocycles. The number of rotatable bonds is 4. The Kier molecular flexibility index (Phi) is 5.64. The Bertz CT molecular complexity index is 216. The molecule has 2 rings (SSSR count). The number of nitrogens with one attached hydrogen (secondary N) is 1. The van der Waals surface area contributed by atoms with Gasteiger partial charge in [-0.15, -0.1) is 0 Å². The second-order valence-corrected chi connectivity index (χ2v) is 6.97. The first-order chi connectivity index (χ1) is 8.29. The molecular formula is C14H28N2S. The number of nitrogens with zero attached hydrogens (tertiary/aromatic N) is 1. The summed E-state index contributed by atoms with van der Waals surface area (Å²) in [6, 6.07) is 0.762. The van der Waals surface area contributed by atoms with E-state index in [0.717, 1.165) is 24.4 Å². The molecule has 2 aliphatic heterocycles. The van der Waals surface area contributed by atoms with Gasteiger partial charge in [0.2, 0.25) is 0 Å². The van der Waals surface area contributed by atoms with Crippen molar-refractivity contribution in [2.45, 2.75) is 39.2 Å². The van der Waals surface area contributed by atoms with Crippen LogP contribution in [0.1, 0.15) is 33.1 Å². The molecule has 2 atom stereocenters. The average Bonchev–Trinajstić information content (AvgIpc) is 2.34. The fourth-order valence-corrected chi connectivity index (χ4v) is 4.46. The first-order valence-corrected chi connectivity index (χ1v) is 8.48. The maximum absolute atomic E-state index is 3.63. The minimum Gasteiger partial charge on any atom is -0.314 e. The van der Waals surface area contributed by atoms with Gasteiger partial charge in [0.25, 0.3) is 0 Å². The van der Waals surface area contributed by atoms with Gasteiger partial charge in [-0.3, -0.25) is 0 Å². The minimum absolute atomic E-state index is 0.762. The zero-order valence-corrected chi connectivity index (χ0v) is 12.3. The van der Waals surface area contributed by atoms with Crippen LogP contribution < -0.4 is 5.32 Å². The van der Waals surface area contributed by atoms with Crippen molar-refractivity contribution < 1.29 is 0 Å². The molecule has 17 heavy (non-hydrogen) atoms. The second-order valence-electron chi connectivity index (χ2n) is 5.75. The highest BCUT2D eigenvalue weighted by molar-refractivity contribution is 7.99. The molecule has 0 spiro atoms. The van der Waals surface area contributed by atoms with Crippen molar-refractivity contribution in [2.75, 3.05) is 37.7 Å². The van der Waals surface area contributed by atoms with Gasteiger partial charge in [-0.05, 0) is 55.7 Å². The largest absolute Gasteiger partial charge is 0.314 e. The van der Waals surface area contributed by atoms with E-state index in [9.17, 15) is 0 Å². The van der Waals surface area contributed by atoms with Crippen molar-refractivity contribution in [2.24, 2.45) is 11.8 Å². The Morgan fingerprint density at radius 2 is 2.00 bits per heavy atom. The molecule has 0 amide bonds. The molecule has 0 aliphatic carbocycles. The third-order valence-electron chi connectivity index (χ3n) is 4.31. The van der Waals surface area contributed by atoms with Crippen LogP contribution in [0.4, 0.5) is 0 Å². The molecule has 2 heterocycles. The van der Waals surface area contributed by atoms with E-state index < -0.39 is 0 Å². The highest BCUT2D eigenvalue weighted by Gasteiger charge is 2.27. The van der Waals surface area contributed by atoms with Crippen LogP contribution in [0, 0.1) is 11.8 Å². The molecule has 1 N–H and O–H groups in total. The standard InChI is InChI=1S/C14H28N2S/c1-3-15-14-4-7-16(10-12(14)2)11-13-5-8-17-9-6-13/h12-15H,3-11H2,1-2H3. The molecule has 2 nitrogen and oxygen atoms in total. The summed E-state index contributed by atoms with van der Waals surface area (Å²) in [5, 5.41) is 3.63. The van der Waals surface area contributed by atoms with Gasteiger partial charge in [0.15, 0.2) is 0 Å². The first-order valence-electron chi connectivity index (χ1n) is 7.33. The molecular weight excluding hydrogens is 228 g/mol. The van der Waals surface area contributed by atoms with Crippen molar-refractivity contribution >= 4 is 11.8 Å². The molecule has 100 valence electrons. The zero-order valence-electron chi connectivity index (χ0n) is 11.5. The van der Waals surface area contributed by atoms with E-state index in [1.807, 2.05) is 0 Å². The molecule has 2 aliphatic rings. The van der Waals surface area contributed by atoms with Crippen LogP contribution in [-0.4, -0.2) is 48.6 Å². The lowest BCUT2D eigenvalue weighted by Crippen LogP contribution is -2.49. The van der Waals surface area contributed by atoms with Crippen LogP contribution in [0.15, 0.2) is 0 Å². The summed E-state index contributed by atoms with van der Waals surface area (Å²) in [5.74, 6) is 4.60. The molecule has 0 radical (unpaired) electrons. The van der Waals surface area contributed by atoms with Crippen molar-refractivity contribution in [3.8, 4) is 0 Å². The lowest BCUT2D eigenvalue weighted by atomic mass is 9.92. The number of hydrogen-bond donors (Lipinski definition) is 1. The summed E-state index contributed by atoms with van der Waals surface area (Å²) in [6.45, 7) is 9.74. The molecule has 2 fully saturated rings. The van der Waals surface area contributed by atoms with Crippen LogP contribution in [0.3, 0.4) is 0 Å². The normalized spacial score (nSPS) is 32.8. The maximum Gasteiger partial charge on any atom is 0.0117 e. The van der Waals surface area contributed by atoms with Crippen LogP contribution in [0.25, 0.3) is 0 Å². The van der Waals surface area contributed by atoms with Crippen LogP contribution >= 0.6 is 11.8 Å². The fraction of sp³-hybridized carbons (Fsp3) is 1.00. The molecule has 2 unspecified atom stereocenters. The van der Waals surface area contributed by atoms with E-state index in [-0.39, 0.29) is 0 Å².